The molecule has 104 valence electrons. The molecule has 19 heavy (non-hydrogen) atoms. The van der Waals surface area contributed by atoms with Crippen molar-refractivity contribution in [3.05, 3.63) is 33.9 Å². The van der Waals surface area contributed by atoms with Crippen molar-refractivity contribution in [2.45, 2.75) is 33.2 Å². The molecule has 0 aliphatic carbocycles. The standard InChI is InChI=1S/C12H13BrN2O2.C2H6/c1-6-8(5-10(14)12(16)17)7-3-2-4-9(13)11(7)15-6;1-2/h2-4,10,15H,5,14H2,1H3,(H,16,17);1-2H3. The lowest BCUT2D eigenvalue weighted by Crippen LogP contribution is -2.32. The zero-order valence-corrected chi connectivity index (χ0v) is 12.9. The number of nitrogens with two attached hydrogens (primary N) is 1. The Bertz CT molecular complexity index is 578. The number of rotatable bonds is 3. The average molecular weight is 327 g/mol. The Balaban J connectivity index is 0.000000861. The molecular weight excluding hydrogens is 308 g/mol. The van der Waals surface area contributed by atoms with Crippen molar-refractivity contribution in [3.63, 3.8) is 0 Å². The van der Waals surface area contributed by atoms with E-state index < -0.39 is 12.0 Å². The molecule has 0 aliphatic heterocycles. The van der Waals surface area contributed by atoms with Crippen molar-refractivity contribution in [1.82, 2.24) is 4.98 Å². The summed E-state index contributed by atoms with van der Waals surface area (Å²) in [5.74, 6) is -0.978. The summed E-state index contributed by atoms with van der Waals surface area (Å²) in [5.41, 5.74) is 8.49. The van der Waals surface area contributed by atoms with Crippen LogP contribution in [0.2, 0.25) is 0 Å². The van der Waals surface area contributed by atoms with Crippen LogP contribution in [-0.4, -0.2) is 22.1 Å². The fraction of sp³-hybridized carbons (Fsp3) is 0.357. The molecule has 4 nitrogen and oxygen atoms in total. The van der Waals surface area contributed by atoms with Crippen LogP contribution in [0.15, 0.2) is 22.7 Å². The van der Waals surface area contributed by atoms with Gasteiger partial charge < -0.3 is 15.8 Å². The molecule has 0 aliphatic rings. The molecule has 1 aromatic carbocycles. The summed E-state index contributed by atoms with van der Waals surface area (Å²) in [6, 6.07) is 4.97. The predicted octanol–water partition coefficient (Wildman–Crippen LogP) is 3.22. The van der Waals surface area contributed by atoms with Crippen LogP contribution in [-0.2, 0) is 11.2 Å². The molecular formula is C14H19BrN2O2. The zero-order valence-electron chi connectivity index (χ0n) is 11.3. The van der Waals surface area contributed by atoms with Gasteiger partial charge in [-0.15, -0.1) is 0 Å². The monoisotopic (exact) mass is 326 g/mol. The Morgan fingerprint density at radius 3 is 2.68 bits per heavy atom. The maximum atomic E-state index is 10.8. The van der Waals surface area contributed by atoms with Gasteiger partial charge in [-0.2, -0.15) is 0 Å². The Labute approximate surface area is 121 Å². The molecule has 1 aromatic heterocycles. The van der Waals surface area contributed by atoms with Gasteiger partial charge in [-0.1, -0.05) is 26.0 Å². The first-order valence-electron chi connectivity index (χ1n) is 6.24. The number of hydrogen-bond acceptors (Lipinski definition) is 2. The van der Waals surface area contributed by atoms with Gasteiger partial charge in [0.25, 0.3) is 0 Å². The maximum Gasteiger partial charge on any atom is 0.320 e. The van der Waals surface area contributed by atoms with E-state index in [1.807, 2.05) is 39.0 Å². The number of nitrogens with one attached hydrogen (secondary N) is 1. The number of hydrogen-bond donors (Lipinski definition) is 3. The number of H-pyrrole nitrogens is 1. The van der Waals surface area contributed by atoms with E-state index in [9.17, 15) is 4.79 Å². The van der Waals surface area contributed by atoms with Crippen molar-refractivity contribution in [2.24, 2.45) is 5.73 Å². The van der Waals surface area contributed by atoms with Crippen LogP contribution < -0.4 is 5.73 Å². The number of halogens is 1. The number of carboxylic acids is 1. The molecule has 0 bridgehead atoms. The number of benzene rings is 1. The number of para-hydroxylation sites is 1. The molecule has 0 amide bonds. The quantitative estimate of drug-likeness (QED) is 0.810. The second-order valence-electron chi connectivity index (χ2n) is 4.04. The van der Waals surface area contributed by atoms with E-state index >= 15 is 0 Å². The van der Waals surface area contributed by atoms with Crippen LogP contribution >= 0.6 is 15.9 Å². The summed E-state index contributed by atoms with van der Waals surface area (Å²) >= 11 is 3.46. The third kappa shape index (κ3) is 3.36. The summed E-state index contributed by atoms with van der Waals surface area (Å²) in [6.45, 7) is 5.93. The number of fused-ring (bicyclic) bond motifs is 1. The molecule has 0 radical (unpaired) electrons. The number of aromatic nitrogens is 1. The molecule has 4 N–H and O–H groups in total. The molecule has 0 fully saturated rings. The first kappa shape index (κ1) is 15.7. The fourth-order valence-electron chi connectivity index (χ4n) is 1.94. The van der Waals surface area contributed by atoms with Gasteiger partial charge in [0.1, 0.15) is 6.04 Å². The highest BCUT2D eigenvalue weighted by Crippen LogP contribution is 2.28. The molecule has 1 atom stereocenters. The number of aryl methyl sites for hydroxylation is 1. The lowest BCUT2D eigenvalue weighted by Gasteiger charge is -2.06. The third-order valence-electron chi connectivity index (χ3n) is 2.85. The molecule has 2 aromatic rings. The Hall–Kier alpha value is -1.33. The molecule has 1 heterocycles. The summed E-state index contributed by atoms with van der Waals surface area (Å²) in [6.07, 6.45) is 0.331. The minimum Gasteiger partial charge on any atom is -0.480 e. The van der Waals surface area contributed by atoms with Gasteiger partial charge in [0.2, 0.25) is 0 Å². The number of carbonyl (C=O) groups is 1. The third-order valence-corrected chi connectivity index (χ3v) is 3.51. The Kier molecular flexibility index (Phi) is 5.57. The molecule has 0 saturated heterocycles. The molecule has 2 rings (SSSR count). The largest absolute Gasteiger partial charge is 0.480 e. The normalized spacial score (nSPS) is 11.8. The van der Waals surface area contributed by atoms with E-state index in [-0.39, 0.29) is 0 Å². The number of carboxylic acid groups (broad SMARTS) is 1. The number of aromatic amines is 1. The van der Waals surface area contributed by atoms with Gasteiger partial charge >= 0.3 is 5.97 Å². The average Bonchev–Trinajstić information content (AvgIpc) is 2.70. The lowest BCUT2D eigenvalue weighted by atomic mass is 10.0. The van der Waals surface area contributed by atoms with Gasteiger partial charge in [0, 0.05) is 22.0 Å². The van der Waals surface area contributed by atoms with Gasteiger partial charge in [-0.05, 0) is 34.5 Å². The molecule has 1 unspecified atom stereocenters. The van der Waals surface area contributed by atoms with E-state index in [0.29, 0.717) is 6.42 Å². The second-order valence-corrected chi connectivity index (χ2v) is 4.89. The van der Waals surface area contributed by atoms with Crippen LogP contribution in [0.25, 0.3) is 10.9 Å². The smallest absolute Gasteiger partial charge is 0.320 e. The minimum absolute atomic E-state index is 0.331. The highest BCUT2D eigenvalue weighted by Gasteiger charge is 2.17. The van der Waals surface area contributed by atoms with Crippen LogP contribution in [0, 0.1) is 6.92 Å². The highest BCUT2D eigenvalue weighted by atomic mass is 79.9. The minimum atomic E-state index is -0.978. The van der Waals surface area contributed by atoms with Gasteiger partial charge in [-0.25, -0.2) is 0 Å². The topological polar surface area (TPSA) is 79.1 Å². The first-order chi connectivity index (χ1) is 9.00. The SMILES string of the molecule is CC.Cc1[nH]c2c(Br)cccc2c1CC(N)C(=O)O. The fourth-order valence-corrected chi connectivity index (χ4v) is 2.40. The van der Waals surface area contributed by atoms with Crippen LogP contribution in [0.5, 0.6) is 0 Å². The second kappa shape index (κ2) is 6.73. The predicted molar refractivity (Wildman–Crippen MR) is 81.4 cm³/mol. The summed E-state index contributed by atoms with van der Waals surface area (Å²) in [7, 11) is 0. The van der Waals surface area contributed by atoms with Crippen molar-refractivity contribution >= 4 is 32.8 Å². The van der Waals surface area contributed by atoms with Crippen molar-refractivity contribution in [3.8, 4) is 0 Å². The van der Waals surface area contributed by atoms with Gasteiger partial charge in [-0.3, -0.25) is 4.79 Å². The van der Waals surface area contributed by atoms with E-state index in [4.69, 9.17) is 10.8 Å². The number of aliphatic carboxylic acids is 1. The molecule has 0 spiro atoms. The van der Waals surface area contributed by atoms with Gasteiger partial charge in [0.15, 0.2) is 0 Å². The maximum absolute atomic E-state index is 10.8. The highest BCUT2D eigenvalue weighted by molar-refractivity contribution is 9.10. The molecule has 0 saturated carbocycles. The first-order valence-corrected chi connectivity index (χ1v) is 7.04. The van der Waals surface area contributed by atoms with Crippen LogP contribution in [0.3, 0.4) is 0 Å². The Morgan fingerprint density at radius 2 is 2.11 bits per heavy atom. The molecule has 5 heteroatoms. The van der Waals surface area contributed by atoms with E-state index in [1.165, 1.54) is 0 Å². The summed E-state index contributed by atoms with van der Waals surface area (Å²) in [5, 5.41) is 9.88. The van der Waals surface area contributed by atoms with E-state index in [0.717, 1.165) is 26.6 Å². The van der Waals surface area contributed by atoms with Crippen molar-refractivity contribution in [2.75, 3.05) is 0 Å². The van der Waals surface area contributed by atoms with E-state index in [1.54, 1.807) is 0 Å². The zero-order chi connectivity index (χ0) is 14.6. The lowest BCUT2D eigenvalue weighted by molar-refractivity contribution is -0.138. The van der Waals surface area contributed by atoms with Crippen molar-refractivity contribution in [1.29, 1.82) is 0 Å². The van der Waals surface area contributed by atoms with E-state index in [2.05, 4.69) is 20.9 Å². The summed E-state index contributed by atoms with van der Waals surface area (Å²) in [4.78, 5) is 14.0. The van der Waals surface area contributed by atoms with Crippen molar-refractivity contribution < 1.29 is 9.90 Å². The van der Waals surface area contributed by atoms with Gasteiger partial charge in [0.05, 0.1) is 5.52 Å². The van der Waals surface area contributed by atoms with Crippen LogP contribution in [0.4, 0.5) is 0 Å². The Morgan fingerprint density at radius 1 is 1.47 bits per heavy atom. The van der Waals surface area contributed by atoms with Crippen LogP contribution in [0.1, 0.15) is 25.1 Å². The summed E-state index contributed by atoms with van der Waals surface area (Å²) < 4.78 is 0.966.